The van der Waals surface area contributed by atoms with Crippen LogP contribution in [0.15, 0.2) is 54.6 Å². The van der Waals surface area contributed by atoms with Crippen LogP contribution in [0.4, 0.5) is 5.82 Å². The molecule has 1 aromatic heterocycles. The highest BCUT2D eigenvalue weighted by Crippen LogP contribution is 2.35. The summed E-state index contributed by atoms with van der Waals surface area (Å²) in [7, 11) is 0. The summed E-state index contributed by atoms with van der Waals surface area (Å²) in [4.78, 5) is 25.2. The summed E-state index contributed by atoms with van der Waals surface area (Å²) in [6.07, 6.45) is 0. The highest BCUT2D eigenvalue weighted by Gasteiger charge is 2.25. The van der Waals surface area contributed by atoms with Gasteiger partial charge in [-0.15, -0.1) is 0 Å². The SMILES string of the molecule is O=C(Cn1nc2c(c1NC(=O)c1cccc(Cl)c1)CSC2)NCc1ccccc1. The Hall–Kier alpha value is -2.77. The molecule has 1 aliphatic rings. The summed E-state index contributed by atoms with van der Waals surface area (Å²) in [5.74, 6) is 1.66. The molecule has 148 valence electrons. The van der Waals surface area contributed by atoms with Gasteiger partial charge < -0.3 is 10.6 Å². The highest BCUT2D eigenvalue weighted by atomic mass is 35.5. The fraction of sp³-hybridized carbons (Fsp3) is 0.190. The van der Waals surface area contributed by atoms with Crippen LogP contribution < -0.4 is 10.6 Å². The number of carbonyl (C=O) groups is 2. The zero-order valence-corrected chi connectivity index (χ0v) is 17.1. The van der Waals surface area contributed by atoms with E-state index in [-0.39, 0.29) is 18.4 Å². The monoisotopic (exact) mass is 426 g/mol. The Bertz CT molecular complexity index is 1050. The molecule has 0 spiro atoms. The lowest BCUT2D eigenvalue weighted by atomic mass is 10.2. The van der Waals surface area contributed by atoms with Gasteiger partial charge in [-0.25, -0.2) is 4.68 Å². The van der Waals surface area contributed by atoms with Gasteiger partial charge in [-0.2, -0.15) is 16.9 Å². The molecule has 2 amide bonds. The van der Waals surface area contributed by atoms with E-state index < -0.39 is 0 Å². The zero-order valence-electron chi connectivity index (χ0n) is 15.5. The molecule has 2 aromatic carbocycles. The molecule has 6 nitrogen and oxygen atoms in total. The van der Waals surface area contributed by atoms with Crippen LogP contribution in [0.1, 0.15) is 27.2 Å². The normalized spacial score (nSPS) is 12.4. The van der Waals surface area contributed by atoms with Gasteiger partial charge >= 0.3 is 0 Å². The standard InChI is InChI=1S/C21H19ClN4O2S/c22-16-8-4-7-15(9-16)21(28)24-20-17-12-29-13-18(17)25-26(20)11-19(27)23-10-14-5-2-1-3-6-14/h1-9H,10-13H2,(H,23,27)(H,24,28). The molecule has 29 heavy (non-hydrogen) atoms. The maximum Gasteiger partial charge on any atom is 0.256 e. The maximum atomic E-state index is 12.7. The molecule has 3 aromatic rings. The van der Waals surface area contributed by atoms with Crippen molar-refractivity contribution in [2.75, 3.05) is 5.32 Å². The number of thioether (sulfide) groups is 1. The van der Waals surface area contributed by atoms with Crippen LogP contribution >= 0.6 is 23.4 Å². The molecule has 2 N–H and O–H groups in total. The minimum atomic E-state index is -0.280. The van der Waals surface area contributed by atoms with Crippen molar-refractivity contribution in [1.29, 1.82) is 0 Å². The Morgan fingerprint density at radius 1 is 1.10 bits per heavy atom. The maximum absolute atomic E-state index is 12.7. The number of aromatic nitrogens is 2. The third-order valence-electron chi connectivity index (χ3n) is 4.56. The van der Waals surface area contributed by atoms with E-state index in [0.717, 1.165) is 28.3 Å². The van der Waals surface area contributed by atoms with E-state index in [4.69, 9.17) is 11.6 Å². The summed E-state index contributed by atoms with van der Waals surface area (Å²) in [5.41, 5.74) is 3.36. The number of nitrogens with zero attached hydrogens (tertiary/aromatic N) is 2. The van der Waals surface area contributed by atoms with Crippen molar-refractivity contribution < 1.29 is 9.59 Å². The van der Waals surface area contributed by atoms with Crippen LogP contribution in [-0.2, 0) is 29.4 Å². The number of amides is 2. The molecule has 8 heteroatoms. The van der Waals surface area contributed by atoms with Crippen molar-refractivity contribution in [3.05, 3.63) is 82.0 Å². The van der Waals surface area contributed by atoms with Crippen LogP contribution in [0, 0.1) is 0 Å². The fourth-order valence-electron chi connectivity index (χ4n) is 3.12. The van der Waals surface area contributed by atoms with Gasteiger partial charge in [0.05, 0.1) is 5.69 Å². The lowest BCUT2D eigenvalue weighted by molar-refractivity contribution is -0.122. The second-order valence-electron chi connectivity index (χ2n) is 6.65. The quantitative estimate of drug-likeness (QED) is 0.627. The molecule has 4 rings (SSSR count). The van der Waals surface area contributed by atoms with E-state index in [1.54, 1.807) is 40.7 Å². The second kappa shape index (κ2) is 8.71. The number of anilines is 1. The minimum absolute atomic E-state index is 0.0374. The smallest absolute Gasteiger partial charge is 0.256 e. The van der Waals surface area contributed by atoms with Gasteiger partial charge in [0.15, 0.2) is 0 Å². The van der Waals surface area contributed by atoms with Gasteiger partial charge in [0, 0.05) is 34.2 Å². The number of carbonyl (C=O) groups excluding carboxylic acids is 2. The van der Waals surface area contributed by atoms with Gasteiger partial charge in [0.1, 0.15) is 12.4 Å². The van der Waals surface area contributed by atoms with Crippen LogP contribution in [0.2, 0.25) is 5.02 Å². The molecule has 0 atom stereocenters. The van der Waals surface area contributed by atoms with Crippen molar-refractivity contribution >= 4 is 41.0 Å². The van der Waals surface area contributed by atoms with E-state index in [2.05, 4.69) is 15.7 Å². The van der Waals surface area contributed by atoms with Gasteiger partial charge in [0.2, 0.25) is 5.91 Å². The van der Waals surface area contributed by atoms with Crippen LogP contribution in [0.25, 0.3) is 0 Å². The van der Waals surface area contributed by atoms with Gasteiger partial charge in [-0.05, 0) is 23.8 Å². The lowest BCUT2D eigenvalue weighted by Crippen LogP contribution is -2.28. The highest BCUT2D eigenvalue weighted by molar-refractivity contribution is 7.98. The number of nitrogens with one attached hydrogen (secondary N) is 2. The molecule has 0 bridgehead atoms. The molecule has 0 fully saturated rings. The second-order valence-corrected chi connectivity index (χ2v) is 8.07. The first-order valence-corrected chi connectivity index (χ1v) is 10.7. The number of hydrogen-bond donors (Lipinski definition) is 2. The number of halogens is 1. The van der Waals surface area contributed by atoms with Crippen LogP contribution in [0.3, 0.4) is 0 Å². The Balaban J connectivity index is 1.49. The summed E-state index contributed by atoms with van der Waals surface area (Å²) >= 11 is 7.73. The first kappa shape index (κ1) is 19.5. The van der Waals surface area contributed by atoms with Crippen molar-refractivity contribution in [3.63, 3.8) is 0 Å². The third-order valence-corrected chi connectivity index (χ3v) is 5.77. The fourth-order valence-corrected chi connectivity index (χ4v) is 4.34. The van der Waals surface area contributed by atoms with Crippen molar-refractivity contribution in [2.24, 2.45) is 0 Å². The van der Waals surface area contributed by atoms with Gasteiger partial charge in [-0.3, -0.25) is 9.59 Å². The topological polar surface area (TPSA) is 76.0 Å². The Labute approximate surface area is 177 Å². The summed E-state index contributed by atoms with van der Waals surface area (Å²) < 4.78 is 1.58. The minimum Gasteiger partial charge on any atom is -0.350 e. The summed E-state index contributed by atoms with van der Waals surface area (Å²) in [6, 6.07) is 16.5. The van der Waals surface area contributed by atoms with E-state index >= 15 is 0 Å². The molecule has 0 unspecified atom stereocenters. The summed E-state index contributed by atoms with van der Waals surface area (Å²) in [5, 5.41) is 10.9. The third kappa shape index (κ3) is 4.63. The van der Waals surface area contributed by atoms with Crippen molar-refractivity contribution in [3.8, 4) is 0 Å². The van der Waals surface area contributed by atoms with E-state index in [1.807, 2.05) is 30.3 Å². The Morgan fingerprint density at radius 3 is 2.72 bits per heavy atom. The molecular weight excluding hydrogens is 408 g/mol. The molecular formula is C21H19ClN4O2S. The van der Waals surface area contributed by atoms with Crippen LogP contribution in [-0.4, -0.2) is 21.6 Å². The number of benzene rings is 2. The molecule has 1 aliphatic heterocycles. The first-order chi connectivity index (χ1) is 14.1. The van der Waals surface area contributed by atoms with Gasteiger partial charge in [-0.1, -0.05) is 48.0 Å². The van der Waals surface area contributed by atoms with Crippen molar-refractivity contribution in [2.45, 2.75) is 24.6 Å². The van der Waals surface area contributed by atoms with E-state index in [0.29, 0.717) is 22.9 Å². The summed E-state index contributed by atoms with van der Waals surface area (Å²) in [6.45, 7) is 0.483. The molecule has 0 radical (unpaired) electrons. The van der Waals surface area contributed by atoms with Gasteiger partial charge in [0.25, 0.3) is 5.91 Å². The lowest BCUT2D eigenvalue weighted by Gasteiger charge is -2.11. The number of hydrogen-bond acceptors (Lipinski definition) is 4. The predicted molar refractivity (Wildman–Crippen MR) is 115 cm³/mol. The first-order valence-electron chi connectivity index (χ1n) is 9.14. The molecule has 2 heterocycles. The van der Waals surface area contributed by atoms with E-state index in [1.165, 1.54) is 0 Å². The van der Waals surface area contributed by atoms with Crippen LogP contribution in [0.5, 0.6) is 0 Å². The largest absolute Gasteiger partial charge is 0.350 e. The molecule has 0 saturated heterocycles. The van der Waals surface area contributed by atoms with E-state index in [9.17, 15) is 9.59 Å². The number of rotatable bonds is 6. The Kier molecular flexibility index (Phi) is 5.87. The zero-order chi connectivity index (χ0) is 20.2. The number of fused-ring (bicyclic) bond motifs is 1. The Morgan fingerprint density at radius 2 is 1.93 bits per heavy atom. The van der Waals surface area contributed by atoms with Crippen molar-refractivity contribution in [1.82, 2.24) is 15.1 Å². The molecule has 0 saturated carbocycles. The predicted octanol–water partition coefficient (Wildman–Crippen LogP) is 3.85. The molecule has 0 aliphatic carbocycles. The average Bonchev–Trinajstić information content (AvgIpc) is 3.30. The average molecular weight is 427 g/mol.